The number of rotatable bonds is 1. The van der Waals surface area contributed by atoms with Crippen LogP contribution in [0.25, 0.3) is 0 Å². The number of β-lactam (4-membered cyclic amide) rings is 1. The Morgan fingerprint density at radius 1 is 1.60 bits per heavy atom. The molecule has 1 N–H and O–H groups in total. The molecular weight excluding hydrogens is 286 g/mol. The number of carboxylic acids is 1. The molecule has 15 heavy (non-hydrogen) atoms. The second kappa shape index (κ2) is 3.04. The summed E-state index contributed by atoms with van der Waals surface area (Å²) in [6, 6.07) is -0.982. The van der Waals surface area contributed by atoms with E-state index < -0.39 is 37.8 Å². The van der Waals surface area contributed by atoms with Crippen molar-refractivity contribution in [3.05, 3.63) is 0 Å². The lowest BCUT2D eigenvalue weighted by Gasteiger charge is -2.40. The van der Waals surface area contributed by atoms with E-state index in [1.165, 1.54) is 4.90 Å². The molecule has 84 valence electrons. The summed E-state index contributed by atoms with van der Waals surface area (Å²) in [4.78, 5) is 23.3. The Morgan fingerprint density at radius 2 is 2.13 bits per heavy atom. The fraction of sp³-hybridized carbons (Fsp3) is 0.750. The molecule has 0 spiro atoms. The number of aliphatic carboxylic acids is 1. The summed E-state index contributed by atoms with van der Waals surface area (Å²) < 4.78 is 11.1. The number of hydrogen-bond donors (Lipinski definition) is 1. The molecule has 2 rings (SSSR count). The number of amides is 1. The quantitative estimate of drug-likeness (QED) is 0.542. The molecule has 5 nitrogen and oxygen atoms in total. The van der Waals surface area contributed by atoms with Gasteiger partial charge in [0, 0.05) is 0 Å². The lowest BCUT2D eigenvalue weighted by molar-refractivity contribution is -0.156. The molecule has 1 amide bonds. The number of alkyl halides is 1. The van der Waals surface area contributed by atoms with Crippen molar-refractivity contribution in [2.45, 2.75) is 34.8 Å². The van der Waals surface area contributed by atoms with Gasteiger partial charge in [-0.05, 0) is 13.8 Å². The van der Waals surface area contributed by atoms with E-state index in [4.69, 9.17) is 5.11 Å². The van der Waals surface area contributed by atoms with E-state index in [9.17, 15) is 13.8 Å². The standard InChI is InChI=1S/C8H10BrNO4S/c1-8(2)4(7(12)13)10-5(11)3(9)6(10)15(8)14/h3-4,6H,1-2H3,(H,12,13)/t3-,4+,6-,15-/m1/s1. The maximum Gasteiger partial charge on any atom is 0.327 e. The van der Waals surface area contributed by atoms with Gasteiger partial charge in [-0.15, -0.1) is 0 Å². The van der Waals surface area contributed by atoms with Crippen molar-refractivity contribution in [2.24, 2.45) is 0 Å². The van der Waals surface area contributed by atoms with E-state index >= 15 is 0 Å². The zero-order valence-corrected chi connectivity index (χ0v) is 10.5. The minimum absolute atomic E-state index is 0.286. The number of fused-ring (bicyclic) bond motifs is 1. The summed E-state index contributed by atoms with van der Waals surface area (Å²) in [5.41, 5.74) is 0. The van der Waals surface area contributed by atoms with Gasteiger partial charge in [0.2, 0.25) is 5.91 Å². The molecule has 2 heterocycles. The smallest absolute Gasteiger partial charge is 0.327 e. The third-order valence-corrected chi connectivity index (χ3v) is 6.36. The second-order valence-corrected chi connectivity index (χ2v) is 7.30. The average molecular weight is 296 g/mol. The van der Waals surface area contributed by atoms with Crippen LogP contribution in [0.4, 0.5) is 0 Å². The van der Waals surface area contributed by atoms with Crippen LogP contribution in [0.2, 0.25) is 0 Å². The van der Waals surface area contributed by atoms with Gasteiger partial charge in [-0.3, -0.25) is 9.00 Å². The molecule has 0 bridgehead atoms. The largest absolute Gasteiger partial charge is 0.480 e. The molecule has 7 heteroatoms. The number of carbonyl (C=O) groups is 2. The average Bonchev–Trinajstić information content (AvgIpc) is 2.32. The minimum atomic E-state index is -1.35. The Bertz CT molecular complexity index is 383. The van der Waals surface area contributed by atoms with Crippen LogP contribution in [0.15, 0.2) is 0 Å². The summed E-state index contributed by atoms with van der Waals surface area (Å²) in [5, 5.41) is 8.56. The molecule has 0 aliphatic carbocycles. The van der Waals surface area contributed by atoms with Gasteiger partial charge in [-0.1, -0.05) is 15.9 Å². The van der Waals surface area contributed by atoms with Crippen LogP contribution in [0.1, 0.15) is 13.8 Å². The first-order valence-corrected chi connectivity index (χ1v) is 6.52. The zero-order valence-electron chi connectivity index (χ0n) is 8.14. The number of carbonyl (C=O) groups excluding carboxylic acids is 1. The van der Waals surface area contributed by atoms with Gasteiger partial charge < -0.3 is 10.0 Å². The third kappa shape index (κ3) is 1.16. The molecule has 2 saturated heterocycles. The molecule has 0 aromatic carbocycles. The Morgan fingerprint density at radius 3 is 2.60 bits per heavy atom. The number of hydrogen-bond acceptors (Lipinski definition) is 3. The van der Waals surface area contributed by atoms with Crippen molar-refractivity contribution in [2.75, 3.05) is 0 Å². The molecule has 2 aliphatic rings. The molecule has 0 saturated carbocycles. The van der Waals surface area contributed by atoms with Gasteiger partial charge in [-0.25, -0.2) is 4.79 Å². The summed E-state index contributed by atoms with van der Waals surface area (Å²) in [5.74, 6) is -1.38. The highest BCUT2D eigenvalue weighted by atomic mass is 79.9. The van der Waals surface area contributed by atoms with Crippen LogP contribution in [-0.4, -0.2) is 47.1 Å². The highest BCUT2D eigenvalue weighted by Crippen LogP contribution is 2.45. The topological polar surface area (TPSA) is 74.7 Å². The first kappa shape index (κ1) is 11.1. The minimum Gasteiger partial charge on any atom is -0.480 e. The highest BCUT2D eigenvalue weighted by Gasteiger charge is 2.67. The first-order valence-electron chi connectivity index (χ1n) is 4.40. The summed E-state index contributed by atoms with van der Waals surface area (Å²) in [6.45, 7) is 3.24. The van der Waals surface area contributed by atoms with E-state index in [1.807, 2.05) is 0 Å². The fourth-order valence-electron chi connectivity index (χ4n) is 2.11. The molecular formula is C8H10BrNO4S. The molecule has 4 atom stereocenters. The predicted octanol–water partition coefficient (Wildman–Crippen LogP) is -0.0877. The molecule has 2 fully saturated rings. The van der Waals surface area contributed by atoms with Crippen molar-refractivity contribution in [3.8, 4) is 0 Å². The lowest BCUT2D eigenvalue weighted by atomic mass is 9.98. The molecule has 0 aromatic rings. The van der Waals surface area contributed by atoms with E-state index in [2.05, 4.69) is 15.9 Å². The first-order chi connectivity index (χ1) is 6.80. The van der Waals surface area contributed by atoms with Gasteiger partial charge in [-0.2, -0.15) is 0 Å². The Hall–Kier alpha value is -0.430. The van der Waals surface area contributed by atoms with Crippen LogP contribution >= 0.6 is 15.9 Å². The van der Waals surface area contributed by atoms with E-state index in [1.54, 1.807) is 13.8 Å². The van der Waals surface area contributed by atoms with Crippen LogP contribution in [-0.2, 0) is 20.4 Å². The van der Waals surface area contributed by atoms with Gasteiger partial charge in [0.05, 0.1) is 15.5 Å². The van der Waals surface area contributed by atoms with E-state index in [0.29, 0.717) is 0 Å². The maximum atomic E-state index is 12.0. The summed E-state index contributed by atoms with van der Waals surface area (Å²) >= 11 is 3.12. The zero-order chi connectivity index (χ0) is 11.5. The van der Waals surface area contributed by atoms with Gasteiger partial charge in [0.25, 0.3) is 0 Å². The van der Waals surface area contributed by atoms with Crippen molar-refractivity contribution in [3.63, 3.8) is 0 Å². The highest BCUT2D eigenvalue weighted by molar-refractivity contribution is 9.10. The molecule has 2 aliphatic heterocycles. The van der Waals surface area contributed by atoms with Crippen molar-refractivity contribution >= 4 is 38.6 Å². The monoisotopic (exact) mass is 295 g/mol. The Labute approximate surface area is 97.4 Å². The molecule has 0 unspecified atom stereocenters. The van der Waals surface area contributed by atoms with E-state index in [0.717, 1.165) is 0 Å². The Kier molecular flexibility index (Phi) is 2.24. The van der Waals surface area contributed by atoms with Crippen LogP contribution in [0.5, 0.6) is 0 Å². The fourth-order valence-corrected chi connectivity index (χ4v) is 5.01. The van der Waals surface area contributed by atoms with Crippen LogP contribution < -0.4 is 0 Å². The van der Waals surface area contributed by atoms with E-state index in [-0.39, 0.29) is 5.91 Å². The normalized spacial score (nSPS) is 42.3. The van der Waals surface area contributed by atoms with Crippen molar-refractivity contribution < 1.29 is 18.9 Å². The maximum absolute atomic E-state index is 12.0. The number of carboxylic acid groups (broad SMARTS) is 1. The lowest BCUT2D eigenvalue weighted by Crippen LogP contribution is -2.64. The third-order valence-electron chi connectivity index (χ3n) is 2.92. The van der Waals surface area contributed by atoms with Gasteiger partial charge >= 0.3 is 5.97 Å². The SMILES string of the molecule is CC1(C)[C@H](C(=O)O)N2C(=O)[C@@H](Br)[C@H]2[S@]1=O. The van der Waals surface area contributed by atoms with Crippen LogP contribution in [0.3, 0.4) is 0 Å². The number of halogens is 1. The van der Waals surface area contributed by atoms with Crippen molar-refractivity contribution in [1.82, 2.24) is 4.90 Å². The van der Waals surface area contributed by atoms with Crippen molar-refractivity contribution in [1.29, 1.82) is 0 Å². The molecule has 0 aromatic heterocycles. The predicted molar refractivity (Wildman–Crippen MR) is 57.0 cm³/mol. The van der Waals surface area contributed by atoms with Gasteiger partial charge in [0.15, 0.2) is 0 Å². The summed E-state index contributed by atoms with van der Waals surface area (Å²) in [7, 11) is -1.35. The number of nitrogens with zero attached hydrogens (tertiary/aromatic N) is 1. The Balaban J connectivity index is 2.45. The molecule has 0 radical (unpaired) electrons. The summed E-state index contributed by atoms with van der Waals surface area (Å²) in [6.07, 6.45) is 0. The second-order valence-electron chi connectivity index (χ2n) is 4.18. The van der Waals surface area contributed by atoms with Crippen LogP contribution in [0, 0.1) is 0 Å². The van der Waals surface area contributed by atoms with Gasteiger partial charge in [0.1, 0.15) is 16.2 Å².